The molecule has 1 amide bonds. The number of azo groups is 2. The number of carbonyl (C=O) groups is 1. The first-order valence-electron chi connectivity index (χ1n) is 23.2. The summed E-state index contributed by atoms with van der Waals surface area (Å²) in [6.45, 7) is 8.11. The number of anilines is 1. The second kappa shape index (κ2) is 26.3. The predicted molar refractivity (Wildman–Crippen MR) is 294 cm³/mol. The Morgan fingerprint density at radius 1 is 0.610 bits per heavy atom. The minimum Gasteiger partial charge on any atom is -0.871 e. The van der Waals surface area contributed by atoms with Crippen LogP contribution in [0.5, 0.6) is 23.0 Å². The van der Waals surface area contributed by atoms with Crippen molar-refractivity contribution in [3.63, 3.8) is 0 Å². The molecular formula is C54H46BaCl2N6O12S2. The van der Waals surface area contributed by atoms with Crippen LogP contribution in [-0.2, 0) is 33.1 Å². The molecule has 0 heterocycles. The summed E-state index contributed by atoms with van der Waals surface area (Å²) in [5.74, 6) is -1.38. The molecule has 8 aromatic carbocycles. The molecule has 0 bridgehead atoms. The Kier molecular flexibility index (Phi) is 20.4. The number of amides is 1. The molecule has 0 atom stereocenters. The number of ether oxygens (including phenoxy) is 2. The molecule has 0 saturated carbocycles. The Morgan fingerprint density at radius 3 is 1.61 bits per heavy atom. The van der Waals surface area contributed by atoms with Crippen molar-refractivity contribution in [2.45, 2.75) is 50.3 Å². The van der Waals surface area contributed by atoms with Gasteiger partial charge in [-0.2, -0.15) is 21.9 Å². The number of rotatable bonds is 16. The number of carbonyl (C=O) groups excluding carboxylic acids is 1. The summed E-state index contributed by atoms with van der Waals surface area (Å²) in [4.78, 5) is 16.4. The van der Waals surface area contributed by atoms with Gasteiger partial charge in [0.05, 0.1) is 50.0 Å². The standard InChI is InChI=1S/2C27H24ClN3O6S.Ba/c2*1-3-16-12-20(38(34,35)36)15-23(24(16)28)30-31-25-21-11-6-5-8-17(21)13-22(26(25)32)27(33)29-18-9-7-10-19(14-18)37-4-2;/h2*5-15,32H,3-4H2,1-2H3,(H,29,33)(H,34,35,36);/q;;+2/p-2. The number of aryl methyl sites for hydroxylation is 2. The van der Waals surface area contributed by atoms with Gasteiger partial charge in [-0.15, -0.1) is 15.3 Å². The molecule has 4 N–H and O–H groups in total. The van der Waals surface area contributed by atoms with E-state index in [-0.39, 0.29) is 97.7 Å². The molecule has 0 unspecified atom stereocenters. The van der Waals surface area contributed by atoms with Gasteiger partial charge in [0.15, 0.2) is 5.75 Å². The van der Waals surface area contributed by atoms with Crippen LogP contribution < -0.4 is 25.0 Å². The van der Waals surface area contributed by atoms with Crippen molar-refractivity contribution in [2.75, 3.05) is 18.5 Å². The van der Waals surface area contributed by atoms with Gasteiger partial charge in [0, 0.05) is 28.6 Å². The topological polar surface area (TPSA) is 284 Å². The maximum Gasteiger partial charge on any atom is 2.00 e. The van der Waals surface area contributed by atoms with Crippen molar-refractivity contribution in [1.29, 1.82) is 0 Å². The van der Waals surface area contributed by atoms with E-state index in [9.17, 15) is 46.1 Å². The predicted octanol–water partition coefficient (Wildman–Crippen LogP) is 12.3. The fourth-order valence-electron chi connectivity index (χ4n) is 7.62. The summed E-state index contributed by atoms with van der Waals surface area (Å²) in [7, 11) is -9.07. The summed E-state index contributed by atoms with van der Waals surface area (Å²) < 4.78 is 76.9. The smallest absolute Gasteiger partial charge is 0.871 e. The number of benzene rings is 8. The Bertz CT molecular complexity index is 3860. The Morgan fingerprint density at radius 2 is 1.09 bits per heavy atom. The van der Waals surface area contributed by atoms with Gasteiger partial charge in [0.25, 0.3) is 26.1 Å². The second-order valence-corrected chi connectivity index (χ2v) is 19.9. The van der Waals surface area contributed by atoms with E-state index < -0.39 is 48.4 Å². The summed E-state index contributed by atoms with van der Waals surface area (Å²) in [5, 5.41) is 59.1. The Hall–Kier alpha value is -6.41. The zero-order valence-electron chi connectivity index (χ0n) is 41.6. The average molecular weight is 1240 g/mol. The molecule has 0 saturated heterocycles. The largest absolute Gasteiger partial charge is 2.00 e. The number of phenols is 1. The first-order chi connectivity index (χ1) is 36.2. The fourth-order valence-corrected chi connectivity index (χ4v) is 9.28. The third kappa shape index (κ3) is 14.6. The number of phenolic OH excluding ortho intramolecular Hbond substituents is 1. The van der Waals surface area contributed by atoms with Gasteiger partial charge in [0.2, 0.25) is 0 Å². The van der Waals surface area contributed by atoms with Gasteiger partial charge in [-0.05, 0) is 121 Å². The maximum atomic E-state index is 13.4. The SMILES string of the molecule is CCOc1cccc(N=C([O-])c2cc3ccccc3c(N=Nc3cc(S(=O)(=O)O)cc(CC)c3Cl)c2[O-])c1.CCOc1cccc(NC(=O)c2cc3ccccc3c(N=Nc3cc(S(=O)(=O)O)cc(CC)c3Cl)c2O)c1.[Ba+2]. The van der Waals surface area contributed by atoms with Crippen molar-refractivity contribution < 1.29 is 55.5 Å². The van der Waals surface area contributed by atoms with Crippen LogP contribution in [0.1, 0.15) is 54.7 Å². The van der Waals surface area contributed by atoms with E-state index in [2.05, 4.69) is 30.8 Å². The summed E-state index contributed by atoms with van der Waals surface area (Å²) in [6, 6.07) is 34.8. The normalized spacial score (nSPS) is 11.9. The second-order valence-electron chi connectivity index (χ2n) is 16.3. The number of aliphatic imine (C=N–C) groups is 1. The zero-order chi connectivity index (χ0) is 54.9. The number of hydrogen-bond donors (Lipinski definition) is 4. The number of nitrogens with zero attached hydrogens (tertiary/aromatic N) is 5. The zero-order valence-corrected chi connectivity index (χ0v) is 49.1. The van der Waals surface area contributed by atoms with Crippen LogP contribution in [0.25, 0.3) is 21.5 Å². The summed E-state index contributed by atoms with van der Waals surface area (Å²) in [5.41, 5.74) is 1.14. The van der Waals surface area contributed by atoms with Crippen LogP contribution in [0.15, 0.2) is 169 Å². The molecule has 8 rings (SSSR count). The average Bonchev–Trinajstić information content (AvgIpc) is 3.39. The summed E-state index contributed by atoms with van der Waals surface area (Å²) >= 11 is 12.8. The van der Waals surface area contributed by atoms with E-state index >= 15 is 0 Å². The van der Waals surface area contributed by atoms with Gasteiger partial charge >= 0.3 is 48.9 Å². The van der Waals surface area contributed by atoms with Gasteiger partial charge < -0.3 is 30.1 Å². The van der Waals surface area contributed by atoms with Crippen molar-refractivity contribution in [1.82, 2.24) is 0 Å². The van der Waals surface area contributed by atoms with Gasteiger partial charge in [-0.3, -0.25) is 18.9 Å². The molecular weight excluding hydrogens is 1200 g/mol. The molecule has 0 aromatic heterocycles. The van der Waals surface area contributed by atoms with Crippen LogP contribution in [0.3, 0.4) is 0 Å². The van der Waals surface area contributed by atoms with E-state index in [1.807, 2.05) is 13.8 Å². The van der Waals surface area contributed by atoms with Crippen LogP contribution in [0.4, 0.5) is 34.1 Å². The molecule has 8 aromatic rings. The fraction of sp³-hybridized carbons (Fsp3) is 0.148. The molecule has 77 heavy (non-hydrogen) atoms. The minimum atomic E-state index is -4.54. The van der Waals surface area contributed by atoms with Gasteiger partial charge in [-0.25, -0.2) is 0 Å². The van der Waals surface area contributed by atoms with Crippen molar-refractivity contribution in [3.8, 4) is 23.0 Å². The Labute approximate surface area is 493 Å². The van der Waals surface area contributed by atoms with Crippen molar-refractivity contribution in [3.05, 3.63) is 166 Å². The first kappa shape index (κ1) is 59.8. The number of nitrogens with one attached hydrogen (secondary N) is 1. The van der Waals surface area contributed by atoms with Crippen LogP contribution >= 0.6 is 23.2 Å². The van der Waals surface area contributed by atoms with Crippen LogP contribution in [0.2, 0.25) is 10.0 Å². The van der Waals surface area contributed by atoms with Crippen molar-refractivity contribution in [2.24, 2.45) is 25.4 Å². The maximum absolute atomic E-state index is 13.4. The summed E-state index contributed by atoms with van der Waals surface area (Å²) in [6.07, 6.45) is 0.732. The third-order valence-corrected chi connectivity index (χ3v) is 13.8. The number of aromatic hydroxyl groups is 1. The molecule has 0 aliphatic heterocycles. The Balaban J connectivity index is 0.000000246. The number of fused-ring (bicyclic) bond motifs is 2. The molecule has 0 aliphatic carbocycles. The molecule has 0 radical (unpaired) electrons. The van der Waals surface area contributed by atoms with Crippen LogP contribution in [0, 0.1) is 0 Å². The van der Waals surface area contributed by atoms with Gasteiger partial charge in [0.1, 0.15) is 28.6 Å². The van der Waals surface area contributed by atoms with E-state index in [0.717, 1.165) is 12.1 Å². The quantitative estimate of drug-likeness (QED) is 0.0231. The van der Waals surface area contributed by atoms with Crippen LogP contribution in [-0.4, -0.2) is 105 Å². The molecule has 392 valence electrons. The number of hydrogen-bond acceptors (Lipinski definition) is 15. The molecule has 0 spiro atoms. The van der Waals surface area contributed by atoms with Gasteiger partial charge in [-0.1, -0.05) is 103 Å². The molecule has 0 fully saturated rings. The molecule has 18 nitrogen and oxygen atoms in total. The van der Waals surface area contributed by atoms with E-state index in [4.69, 9.17) is 32.7 Å². The monoisotopic (exact) mass is 1240 g/mol. The third-order valence-electron chi connectivity index (χ3n) is 11.3. The first-order valence-corrected chi connectivity index (χ1v) is 26.8. The number of halogens is 2. The van der Waals surface area contributed by atoms with E-state index in [1.54, 1.807) is 111 Å². The minimum absolute atomic E-state index is 0. The van der Waals surface area contributed by atoms with E-state index in [1.165, 1.54) is 24.3 Å². The molecule has 23 heteroatoms. The molecule has 0 aliphatic rings. The van der Waals surface area contributed by atoms with E-state index in [0.29, 0.717) is 81.6 Å². The van der Waals surface area contributed by atoms with Crippen molar-refractivity contribution >= 4 is 160 Å².